The maximum Gasteiger partial charge on any atom is 0.307 e. The van der Waals surface area contributed by atoms with Crippen LogP contribution in [0.25, 0.3) is 11.3 Å². The zero-order valence-corrected chi connectivity index (χ0v) is 8.80. The molecular weight excluding hydrogens is 206 g/mol. The summed E-state index contributed by atoms with van der Waals surface area (Å²) >= 11 is 0. The van der Waals surface area contributed by atoms with Crippen LogP contribution in [0.4, 0.5) is 0 Å². The third-order valence-electron chi connectivity index (χ3n) is 2.22. The van der Waals surface area contributed by atoms with Crippen LogP contribution in [-0.4, -0.2) is 16.1 Å². The van der Waals surface area contributed by atoms with Crippen LogP contribution in [-0.2, 0) is 11.2 Å². The van der Waals surface area contributed by atoms with Crippen LogP contribution in [0.3, 0.4) is 0 Å². The molecule has 1 aromatic heterocycles. The second-order valence-electron chi connectivity index (χ2n) is 3.52. The van der Waals surface area contributed by atoms with E-state index in [-0.39, 0.29) is 6.42 Å². The molecule has 0 amide bonds. The lowest BCUT2D eigenvalue weighted by molar-refractivity contribution is -0.136. The van der Waals surface area contributed by atoms with E-state index < -0.39 is 5.97 Å². The molecule has 82 valence electrons. The van der Waals surface area contributed by atoms with Crippen molar-refractivity contribution in [3.05, 3.63) is 42.0 Å². The second-order valence-corrected chi connectivity index (χ2v) is 3.52. The van der Waals surface area contributed by atoms with Crippen molar-refractivity contribution in [2.45, 2.75) is 13.3 Å². The molecule has 0 atom stereocenters. The molecule has 0 saturated heterocycles. The minimum atomic E-state index is -0.829. The van der Waals surface area contributed by atoms with Gasteiger partial charge in [-0.2, -0.15) is 0 Å². The van der Waals surface area contributed by atoms with E-state index in [4.69, 9.17) is 9.52 Å². The number of benzene rings is 1. The van der Waals surface area contributed by atoms with E-state index >= 15 is 0 Å². The number of aliphatic carboxylic acids is 1. The molecule has 0 saturated carbocycles. The molecule has 0 spiro atoms. The van der Waals surface area contributed by atoms with Crippen molar-refractivity contribution in [2.75, 3.05) is 0 Å². The highest BCUT2D eigenvalue weighted by Gasteiger charge is 2.04. The van der Waals surface area contributed by atoms with Gasteiger partial charge in [0.25, 0.3) is 0 Å². The summed E-state index contributed by atoms with van der Waals surface area (Å²) in [5.41, 5.74) is 2.46. The fraction of sp³-hybridized carbons (Fsp3) is 0.167. The van der Waals surface area contributed by atoms with E-state index in [0.29, 0.717) is 5.89 Å². The average Bonchev–Trinajstić information content (AvgIpc) is 2.65. The molecule has 1 N–H and O–H groups in total. The van der Waals surface area contributed by atoms with Gasteiger partial charge in [0.2, 0.25) is 0 Å². The van der Waals surface area contributed by atoms with Gasteiger partial charge in [-0.3, -0.25) is 4.79 Å². The lowest BCUT2D eigenvalue weighted by Crippen LogP contribution is -1.99. The zero-order chi connectivity index (χ0) is 11.5. The van der Waals surface area contributed by atoms with Crippen LogP contribution in [0.2, 0.25) is 0 Å². The molecule has 1 aromatic carbocycles. The molecule has 0 aliphatic carbocycles. The smallest absolute Gasteiger partial charge is 0.307 e. The van der Waals surface area contributed by atoms with Gasteiger partial charge < -0.3 is 9.52 Å². The molecule has 4 heteroatoms. The third kappa shape index (κ3) is 2.28. The topological polar surface area (TPSA) is 63.3 Å². The Morgan fingerprint density at radius 3 is 2.56 bits per heavy atom. The Balaban J connectivity index is 2.22. The Bertz CT molecular complexity index is 499. The standard InChI is InChI=1S/C12H11NO3/c1-8-13-11(7-16-8)10-4-2-9(3-5-10)6-12(14)15/h2-5,7H,6H2,1H3,(H,14,15). The van der Waals surface area contributed by atoms with Crippen molar-refractivity contribution in [3.8, 4) is 11.3 Å². The molecule has 16 heavy (non-hydrogen) atoms. The van der Waals surface area contributed by atoms with Crippen molar-refractivity contribution in [2.24, 2.45) is 0 Å². The van der Waals surface area contributed by atoms with Crippen LogP contribution in [0, 0.1) is 6.92 Å². The van der Waals surface area contributed by atoms with Gasteiger partial charge in [0.05, 0.1) is 6.42 Å². The quantitative estimate of drug-likeness (QED) is 0.856. The highest BCUT2D eigenvalue weighted by atomic mass is 16.4. The minimum absolute atomic E-state index is 0.0398. The molecule has 0 aliphatic rings. The summed E-state index contributed by atoms with van der Waals surface area (Å²) in [4.78, 5) is 14.7. The molecule has 1 heterocycles. The Morgan fingerprint density at radius 1 is 1.38 bits per heavy atom. The van der Waals surface area contributed by atoms with Crippen LogP contribution in [0.5, 0.6) is 0 Å². The number of hydrogen-bond donors (Lipinski definition) is 1. The first-order valence-corrected chi connectivity index (χ1v) is 4.88. The van der Waals surface area contributed by atoms with E-state index in [1.165, 1.54) is 0 Å². The summed E-state index contributed by atoms with van der Waals surface area (Å²) in [6.07, 6.45) is 1.62. The Hall–Kier alpha value is -2.10. The first-order valence-electron chi connectivity index (χ1n) is 4.88. The number of carboxylic acid groups (broad SMARTS) is 1. The van der Waals surface area contributed by atoms with Crippen LogP contribution in [0.1, 0.15) is 11.5 Å². The van der Waals surface area contributed by atoms with Crippen molar-refractivity contribution in [1.82, 2.24) is 4.98 Å². The van der Waals surface area contributed by atoms with E-state index in [0.717, 1.165) is 16.8 Å². The number of hydrogen-bond acceptors (Lipinski definition) is 3. The van der Waals surface area contributed by atoms with Gasteiger partial charge in [-0.05, 0) is 5.56 Å². The average molecular weight is 217 g/mol. The zero-order valence-electron chi connectivity index (χ0n) is 8.80. The lowest BCUT2D eigenvalue weighted by atomic mass is 10.1. The highest BCUT2D eigenvalue weighted by Crippen LogP contribution is 2.19. The van der Waals surface area contributed by atoms with Gasteiger partial charge in [0, 0.05) is 12.5 Å². The number of oxazole rings is 1. The van der Waals surface area contributed by atoms with Crippen molar-refractivity contribution < 1.29 is 14.3 Å². The fourth-order valence-corrected chi connectivity index (χ4v) is 1.46. The fourth-order valence-electron chi connectivity index (χ4n) is 1.46. The molecule has 0 radical (unpaired) electrons. The SMILES string of the molecule is Cc1nc(-c2ccc(CC(=O)O)cc2)co1. The Morgan fingerprint density at radius 2 is 2.06 bits per heavy atom. The van der Waals surface area contributed by atoms with Gasteiger partial charge in [-0.25, -0.2) is 4.98 Å². The van der Waals surface area contributed by atoms with Gasteiger partial charge in [0.1, 0.15) is 12.0 Å². The lowest BCUT2D eigenvalue weighted by Gasteiger charge is -1.98. The largest absolute Gasteiger partial charge is 0.481 e. The number of aromatic nitrogens is 1. The third-order valence-corrected chi connectivity index (χ3v) is 2.22. The van der Waals surface area contributed by atoms with E-state index in [2.05, 4.69) is 4.98 Å². The molecule has 2 aromatic rings. The van der Waals surface area contributed by atoms with E-state index in [9.17, 15) is 4.79 Å². The monoisotopic (exact) mass is 217 g/mol. The summed E-state index contributed by atoms with van der Waals surface area (Å²) in [7, 11) is 0. The van der Waals surface area contributed by atoms with Crippen LogP contribution >= 0.6 is 0 Å². The Labute approximate surface area is 92.6 Å². The molecule has 0 unspecified atom stereocenters. The predicted molar refractivity (Wildman–Crippen MR) is 58.0 cm³/mol. The normalized spacial score (nSPS) is 10.3. The maximum atomic E-state index is 10.5. The first-order chi connectivity index (χ1) is 7.65. The minimum Gasteiger partial charge on any atom is -0.481 e. The number of aryl methyl sites for hydroxylation is 1. The van der Waals surface area contributed by atoms with Gasteiger partial charge >= 0.3 is 5.97 Å². The summed E-state index contributed by atoms with van der Waals surface area (Å²) in [6.45, 7) is 1.78. The summed E-state index contributed by atoms with van der Waals surface area (Å²) in [5.74, 6) is -0.213. The molecule has 4 nitrogen and oxygen atoms in total. The predicted octanol–water partition coefficient (Wildman–Crippen LogP) is 2.28. The van der Waals surface area contributed by atoms with Crippen molar-refractivity contribution in [1.29, 1.82) is 0 Å². The molecule has 2 rings (SSSR count). The van der Waals surface area contributed by atoms with Gasteiger partial charge in [0.15, 0.2) is 5.89 Å². The highest BCUT2D eigenvalue weighted by molar-refractivity contribution is 5.70. The number of carboxylic acids is 1. The van der Waals surface area contributed by atoms with E-state index in [1.54, 1.807) is 25.3 Å². The summed E-state index contributed by atoms with van der Waals surface area (Å²) in [5, 5.41) is 8.63. The Kier molecular flexibility index (Phi) is 2.72. The van der Waals surface area contributed by atoms with Gasteiger partial charge in [-0.1, -0.05) is 24.3 Å². The van der Waals surface area contributed by atoms with Crippen LogP contribution in [0.15, 0.2) is 34.9 Å². The molecule has 0 fully saturated rings. The van der Waals surface area contributed by atoms with Crippen molar-refractivity contribution >= 4 is 5.97 Å². The summed E-state index contributed by atoms with van der Waals surface area (Å²) in [6, 6.07) is 7.26. The van der Waals surface area contributed by atoms with Gasteiger partial charge in [-0.15, -0.1) is 0 Å². The first kappa shape index (κ1) is 10.4. The summed E-state index contributed by atoms with van der Waals surface area (Å²) < 4.78 is 5.11. The number of nitrogens with zero attached hydrogens (tertiary/aromatic N) is 1. The van der Waals surface area contributed by atoms with Crippen LogP contribution < -0.4 is 0 Å². The molecular formula is C12H11NO3. The van der Waals surface area contributed by atoms with Crippen molar-refractivity contribution in [3.63, 3.8) is 0 Å². The maximum absolute atomic E-state index is 10.5. The number of carbonyl (C=O) groups is 1. The molecule has 0 aliphatic heterocycles. The second kappa shape index (κ2) is 4.18. The molecule has 0 bridgehead atoms. The number of rotatable bonds is 3. The van der Waals surface area contributed by atoms with E-state index in [1.807, 2.05) is 12.1 Å².